The van der Waals surface area contributed by atoms with Gasteiger partial charge in [-0.3, -0.25) is 0 Å². The van der Waals surface area contributed by atoms with Crippen LogP contribution in [-0.2, 0) is 16.0 Å². The number of carbonyl (C=O) groups is 1. The van der Waals surface area contributed by atoms with Gasteiger partial charge in [0.2, 0.25) is 0 Å². The van der Waals surface area contributed by atoms with E-state index in [0.29, 0.717) is 0 Å². The van der Waals surface area contributed by atoms with Crippen LogP contribution in [0.4, 0.5) is 0 Å². The smallest absolute Gasteiger partial charge is 0.330 e. The molecule has 2 nitrogen and oxygen atoms in total. The van der Waals surface area contributed by atoms with Gasteiger partial charge in [-0.1, -0.05) is 43.0 Å². The van der Waals surface area contributed by atoms with Gasteiger partial charge in [0.15, 0.2) is 0 Å². The number of carbonyl (C=O) groups excluding carboxylic acids is 1. The summed E-state index contributed by atoms with van der Waals surface area (Å²) in [7, 11) is 0. The minimum Gasteiger partial charge on any atom is -0.454 e. The van der Waals surface area contributed by atoms with E-state index in [9.17, 15) is 4.79 Å². The third kappa shape index (κ3) is 1.53. The maximum Gasteiger partial charge on any atom is 0.330 e. The van der Waals surface area contributed by atoms with Crippen LogP contribution in [0.1, 0.15) is 17.2 Å². The zero-order valence-corrected chi connectivity index (χ0v) is 9.35. The van der Waals surface area contributed by atoms with Crippen LogP contribution in [0.2, 0.25) is 0 Å². The molecule has 0 heterocycles. The van der Waals surface area contributed by atoms with E-state index < -0.39 is 0 Å². The van der Waals surface area contributed by atoms with Crippen LogP contribution < -0.4 is 0 Å². The van der Waals surface area contributed by atoms with Gasteiger partial charge >= 0.3 is 5.97 Å². The molecule has 2 heteroatoms. The van der Waals surface area contributed by atoms with Gasteiger partial charge in [-0.25, -0.2) is 4.79 Å². The largest absolute Gasteiger partial charge is 0.454 e. The number of benzene rings is 2. The summed E-state index contributed by atoms with van der Waals surface area (Å²) in [5, 5.41) is 2.44. The predicted molar refractivity (Wildman–Crippen MR) is 66.7 cm³/mol. The lowest BCUT2D eigenvalue weighted by Gasteiger charge is -2.11. The van der Waals surface area contributed by atoms with Crippen LogP contribution in [0.25, 0.3) is 10.8 Å². The zero-order valence-electron chi connectivity index (χ0n) is 9.35. The molecule has 0 amide bonds. The summed E-state index contributed by atoms with van der Waals surface area (Å²) in [5.74, 6) is -0.361. The molecule has 0 spiro atoms. The Morgan fingerprint density at radius 3 is 2.82 bits per heavy atom. The minimum atomic E-state index is -0.361. The standard InChI is InChI=1S/C15H12O2/c1-2-14(16)17-13-9-11-7-3-5-10-6-4-8-12(13)15(10)11/h2-8,13H,1,9H2. The summed E-state index contributed by atoms with van der Waals surface area (Å²) in [4.78, 5) is 11.3. The van der Waals surface area contributed by atoms with Crippen LogP contribution >= 0.6 is 0 Å². The van der Waals surface area contributed by atoms with E-state index in [4.69, 9.17) is 4.74 Å². The quantitative estimate of drug-likeness (QED) is 0.578. The molecule has 3 rings (SSSR count). The van der Waals surface area contributed by atoms with Gasteiger partial charge in [0.05, 0.1) is 0 Å². The molecule has 0 saturated heterocycles. The van der Waals surface area contributed by atoms with E-state index in [2.05, 4.69) is 24.8 Å². The SMILES string of the molecule is C=CC(=O)OC1Cc2cccc3cccc1c23. The average Bonchev–Trinajstić information content (AvgIpc) is 2.70. The summed E-state index contributed by atoms with van der Waals surface area (Å²) >= 11 is 0. The van der Waals surface area contributed by atoms with Crippen molar-refractivity contribution in [3.8, 4) is 0 Å². The topological polar surface area (TPSA) is 26.3 Å². The lowest BCUT2D eigenvalue weighted by Crippen LogP contribution is -2.07. The van der Waals surface area contributed by atoms with Gasteiger partial charge in [-0.05, 0) is 16.3 Å². The second-order valence-corrected chi connectivity index (χ2v) is 4.20. The summed E-state index contributed by atoms with van der Waals surface area (Å²) in [6, 6.07) is 12.3. The number of rotatable bonds is 2. The Labute approximate surface area is 99.5 Å². The van der Waals surface area contributed by atoms with E-state index >= 15 is 0 Å². The Hall–Kier alpha value is -2.09. The van der Waals surface area contributed by atoms with Gasteiger partial charge in [0.25, 0.3) is 0 Å². The molecule has 0 saturated carbocycles. The van der Waals surface area contributed by atoms with E-state index in [1.165, 1.54) is 22.4 Å². The molecule has 2 aromatic carbocycles. The Balaban J connectivity index is 2.09. The van der Waals surface area contributed by atoms with Crippen molar-refractivity contribution >= 4 is 16.7 Å². The zero-order chi connectivity index (χ0) is 11.8. The monoisotopic (exact) mass is 224 g/mol. The van der Waals surface area contributed by atoms with Gasteiger partial charge in [-0.15, -0.1) is 0 Å². The lowest BCUT2D eigenvalue weighted by molar-refractivity contribution is -0.143. The summed E-state index contributed by atoms with van der Waals surface area (Å²) in [6.45, 7) is 3.43. The molecular formula is C15H12O2. The second kappa shape index (κ2) is 3.74. The maximum atomic E-state index is 11.3. The number of esters is 1. The van der Waals surface area contributed by atoms with Crippen molar-refractivity contribution in [3.05, 3.63) is 60.2 Å². The van der Waals surface area contributed by atoms with E-state index in [0.717, 1.165) is 12.0 Å². The molecule has 0 radical (unpaired) electrons. The molecule has 0 bridgehead atoms. The van der Waals surface area contributed by atoms with Crippen molar-refractivity contribution in [3.63, 3.8) is 0 Å². The fourth-order valence-electron chi connectivity index (χ4n) is 2.49. The van der Waals surface area contributed by atoms with Gasteiger partial charge in [0.1, 0.15) is 6.10 Å². The fraction of sp³-hybridized carbons (Fsp3) is 0.133. The highest BCUT2D eigenvalue weighted by Gasteiger charge is 2.26. The van der Waals surface area contributed by atoms with Gasteiger partial charge in [-0.2, -0.15) is 0 Å². The van der Waals surface area contributed by atoms with Crippen molar-refractivity contribution in [2.24, 2.45) is 0 Å². The van der Waals surface area contributed by atoms with E-state index in [1.54, 1.807) is 0 Å². The highest BCUT2D eigenvalue weighted by Crippen LogP contribution is 2.38. The molecule has 0 N–H and O–H groups in total. The highest BCUT2D eigenvalue weighted by atomic mass is 16.5. The summed E-state index contributed by atoms with van der Waals surface area (Å²) < 4.78 is 5.38. The van der Waals surface area contributed by atoms with Crippen molar-refractivity contribution in [1.82, 2.24) is 0 Å². The minimum absolute atomic E-state index is 0.165. The first-order valence-electron chi connectivity index (χ1n) is 5.63. The molecule has 0 aromatic heterocycles. The van der Waals surface area contributed by atoms with E-state index in [1.807, 2.05) is 18.2 Å². The third-order valence-corrected chi connectivity index (χ3v) is 3.20. The normalized spacial score (nSPS) is 17.1. The molecule has 0 aliphatic heterocycles. The first kappa shape index (κ1) is 10.1. The molecule has 84 valence electrons. The average molecular weight is 224 g/mol. The molecule has 1 aliphatic carbocycles. The van der Waals surface area contributed by atoms with Crippen LogP contribution in [0, 0.1) is 0 Å². The van der Waals surface area contributed by atoms with Gasteiger partial charge in [0, 0.05) is 18.1 Å². The van der Waals surface area contributed by atoms with Crippen LogP contribution in [0.5, 0.6) is 0 Å². The Morgan fingerprint density at radius 2 is 2.06 bits per heavy atom. The molecule has 17 heavy (non-hydrogen) atoms. The number of ether oxygens (including phenoxy) is 1. The van der Waals surface area contributed by atoms with Crippen LogP contribution in [-0.4, -0.2) is 5.97 Å². The molecule has 2 aromatic rings. The maximum absolute atomic E-state index is 11.3. The lowest BCUT2D eigenvalue weighted by atomic mass is 10.1. The first-order valence-corrected chi connectivity index (χ1v) is 5.63. The number of hydrogen-bond acceptors (Lipinski definition) is 2. The number of hydrogen-bond donors (Lipinski definition) is 0. The Morgan fingerprint density at radius 1 is 1.29 bits per heavy atom. The van der Waals surface area contributed by atoms with Crippen molar-refractivity contribution in [1.29, 1.82) is 0 Å². The fourth-order valence-corrected chi connectivity index (χ4v) is 2.49. The third-order valence-electron chi connectivity index (χ3n) is 3.20. The van der Waals surface area contributed by atoms with Crippen molar-refractivity contribution < 1.29 is 9.53 Å². The molecule has 1 unspecified atom stereocenters. The molecule has 1 aliphatic rings. The molecule has 0 fully saturated rings. The van der Waals surface area contributed by atoms with Crippen molar-refractivity contribution in [2.75, 3.05) is 0 Å². The van der Waals surface area contributed by atoms with Crippen LogP contribution in [0.3, 0.4) is 0 Å². The highest BCUT2D eigenvalue weighted by molar-refractivity contribution is 5.92. The summed E-state index contributed by atoms with van der Waals surface area (Å²) in [5.41, 5.74) is 2.35. The first-order chi connectivity index (χ1) is 8.29. The van der Waals surface area contributed by atoms with E-state index in [-0.39, 0.29) is 12.1 Å². The Bertz CT molecular complexity index is 608. The van der Waals surface area contributed by atoms with Crippen molar-refractivity contribution in [2.45, 2.75) is 12.5 Å². The molecule has 1 atom stereocenters. The van der Waals surface area contributed by atoms with Gasteiger partial charge < -0.3 is 4.74 Å². The van der Waals surface area contributed by atoms with Crippen LogP contribution in [0.15, 0.2) is 49.1 Å². The summed E-state index contributed by atoms with van der Waals surface area (Å²) in [6.07, 6.45) is 1.81. The Kier molecular flexibility index (Phi) is 2.22. The molecular weight excluding hydrogens is 212 g/mol. The second-order valence-electron chi connectivity index (χ2n) is 4.20. The predicted octanol–water partition coefficient (Wildman–Crippen LogP) is 3.17.